The van der Waals surface area contributed by atoms with E-state index in [-0.39, 0.29) is 0 Å². The third-order valence-corrected chi connectivity index (χ3v) is 12.2. The van der Waals surface area contributed by atoms with Crippen LogP contribution < -0.4 is 4.90 Å². The Balaban J connectivity index is 0.998. The van der Waals surface area contributed by atoms with Crippen molar-refractivity contribution in [3.8, 4) is 44.5 Å². The van der Waals surface area contributed by atoms with E-state index in [4.69, 9.17) is 4.42 Å². The van der Waals surface area contributed by atoms with E-state index >= 15 is 0 Å². The lowest BCUT2D eigenvalue weighted by Gasteiger charge is -2.26. The minimum atomic E-state index is 0.863. The molecule has 12 rings (SSSR count). The molecule has 0 saturated heterocycles. The molecule has 0 aliphatic carbocycles. The molecule has 0 unspecified atom stereocenters. The zero-order valence-electron chi connectivity index (χ0n) is 33.2. The molecule has 61 heavy (non-hydrogen) atoms. The lowest BCUT2D eigenvalue weighted by atomic mass is 9.94. The molecule has 3 heterocycles. The molecule has 12 aromatic rings. The second kappa shape index (κ2) is 14.3. The summed E-state index contributed by atoms with van der Waals surface area (Å²) >= 11 is 0. The van der Waals surface area contributed by atoms with Gasteiger partial charge in [0.1, 0.15) is 11.2 Å². The second-order valence-electron chi connectivity index (χ2n) is 15.7. The van der Waals surface area contributed by atoms with Gasteiger partial charge in [0.25, 0.3) is 0 Å². The van der Waals surface area contributed by atoms with Gasteiger partial charge in [0, 0.05) is 50.4 Å². The Morgan fingerprint density at radius 3 is 1.59 bits per heavy atom. The van der Waals surface area contributed by atoms with Crippen LogP contribution in [0.5, 0.6) is 0 Å². The molecular weight excluding hydrogens is 741 g/mol. The summed E-state index contributed by atoms with van der Waals surface area (Å²) in [6.07, 6.45) is 0. The van der Waals surface area contributed by atoms with E-state index in [1.54, 1.807) is 0 Å². The van der Waals surface area contributed by atoms with Crippen molar-refractivity contribution in [1.29, 1.82) is 0 Å². The third kappa shape index (κ3) is 5.82. The minimum Gasteiger partial charge on any atom is -0.456 e. The highest BCUT2D eigenvalue weighted by Gasteiger charge is 2.20. The van der Waals surface area contributed by atoms with Crippen molar-refractivity contribution in [2.24, 2.45) is 0 Å². The molecule has 0 spiro atoms. The second-order valence-corrected chi connectivity index (χ2v) is 15.7. The number of hydrogen-bond acceptors (Lipinski definition) is 2. The van der Waals surface area contributed by atoms with Crippen LogP contribution in [0.4, 0.5) is 17.1 Å². The van der Waals surface area contributed by atoms with Crippen molar-refractivity contribution >= 4 is 66.3 Å². The standard InChI is InChI=1S/C58H38N2O/c1-3-14-39(15-4-1)47-19-7-8-20-48(47)40-26-31-44(32-27-40)59(46-35-36-51-50-21-10-12-25-55(50)61-56(51)38-46)45-33-28-41(29-34-45)49-23-13-18-43-30-37-54-57(42-16-5-2-6-17-42)52-22-9-11-24-53(52)60(54)58(43)49/h1-38H. The van der Waals surface area contributed by atoms with Crippen molar-refractivity contribution in [3.63, 3.8) is 0 Å². The van der Waals surface area contributed by atoms with E-state index < -0.39 is 0 Å². The predicted molar refractivity (Wildman–Crippen MR) is 256 cm³/mol. The summed E-state index contributed by atoms with van der Waals surface area (Å²) in [5.74, 6) is 0. The van der Waals surface area contributed by atoms with Crippen LogP contribution in [-0.2, 0) is 0 Å². The first-order valence-electron chi connectivity index (χ1n) is 20.8. The number of fused-ring (bicyclic) bond motifs is 8. The Bertz CT molecular complexity index is 3560. The number of hydrogen-bond donors (Lipinski definition) is 0. The highest BCUT2D eigenvalue weighted by atomic mass is 16.3. The summed E-state index contributed by atoms with van der Waals surface area (Å²) in [5, 5.41) is 4.68. The van der Waals surface area contributed by atoms with Crippen molar-refractivity contribution in [1.82, 2.24) is 4.40 Å². The van der Waals surface area contributed by atoms with Gasteiger partial charge < -0.3 is 13.7 Å². The van der Waals surface area contributed by atoms with Gasteiger partial charge in [-0.25, -0.2) is 0 Å². The highest BCUT2D eigenvalue weighted by Crippen LogP contribution is 2.43. The highest BCUT2D eigenvalue weighted by molar-refractivity contribution is 6.11. The van der Waals surface area contributed by atoms with Crippen LogP contribution in [0, 0.1) is 0 Å². The van der Waals surface area contributed by atoms with E-state index in [1.807, 2.05) is 12.1 Å². The van der Waals surface area contributed by atoms with Crippen molar-refractivity contribution in [2.75, 3.05) is 4.90 Å². The summed E-state index contributed by atoms with van der Waals surface area (Å²) in [4.78, 5) is 2.33. The van der Waals surface area contributed by atoms with Crippen LogP contribution in [0.25, 0.3) is 93.8 Å². The van der Waals surface area contributed by atoms with Crippen molar-refractivity contribution in [3.05, 3.63) is 231 Å². The van der Waals surface area contributed by atoms with Gasteiger partial charge in [-0.3, -0.25) is 0 Å². The van der Waals surface area contributed by atoms with E-state index in [2.05, 4.69) is 228 Å². The van der Waals surface area contributed by atoms with Gasteiger partial charge in [0.15, 0.2) is 0 Å². The van der Waals surface area contributed by atoms with E-state index in [9.17, 15) is 0 Å². The normalized spacial score (nSPS) is 11.6. The number of pyridine rings is 1. The number of aromatic nitrogens is 1. The van der Waals surface area contributed by atoms with Crippen LogP contribution in [0.2, 0.25) is 0 Å². The topological polar surface area (TPSA) is 20.8 Å². The molecule has 3 heteroatoms. The Morgan fingerprint density at radius 1 is 0.328 bits per heavy atom. The van der Waals surface area contributed by atoms with Gasteiger partial charge in [-0.2, -0.15) is 0 Å². The molecule has 3 nitrogen and oxygen atoms in total. The molecule has 286 valence electrons. The van der Waals surface area contributed by atoms with E-state index in [0.717, 1.165) is 44.6 Å². The molecule has 0 amide bonds. The number of furan rings is 1. The fraction of sp³-hybridized carbons (Fsp3) is 0. The summed E-state index contributed by atoms with van der Waals surface area (Å²) in [7, 11) is 0. The zero-order chi connectivity index (χ0) is 40.3. The zero-order valence-corrected chi connectivity index (χ0v) is 33.2. The van der Waals surface area contributed by atoms with Crippen molar-refractivity contribution in [2.45, 2.75) is 0 Å². The quantitative estimate of drug-likeness (QED) is 0.161. The molecule has 3 aromatic heterocycles. The average Bonchev–Trinajstić information content (AvgIpc) is 3.88. The maximum absolute atomic E-state index is 6.43. The maximum Gasteiger partial charge on any atom is 0.137 e. The Hall–Kier alpha value is -8.14. The van der Waals surface area contributed by atoms with Crippen LogP contribution in [0.1, 0.15) is 0 Å². The first kappa shape index (κ1) is 34.9. The SMILES string of the molecule is c1ccc(-c2ccccc2-c2ccc(N(c3ccc(-c4cccc5ccc6c(-c7ccccc7)c7ccccc7n6c45)cc3)c3ccc4c(c3)oc3ccccc34)cc2)cc1. The minimum absolute atomic E-state index is 0.863. The Kier molecular flexibility index (Phi) is 8.17. The number of para-hydroxylation sites is 3. The van der Waals surface area contributed by atoms with Gasteiger partial charge in [0.05, 0.1) is 16.6 Å². The first-order chi connectivity index (χ1) is 30.3. The summed E-state index contributed by atoms with van der Waals surface area (Å²) in [6, 6.07) is 82.8. The number of nitrogens with zero attached hydrogens (tertiary/aromatic N) is 2. The van der Waals surface area contributed by atoms with Crippen LogP contribution >= 0.6 is 0 Å². The monoisotopic (exact) mass is 778 g/mol. The molecular formula is C58H38N2O. The molecule has 0 fully saturated rings. The molecule has 0 radical (unpaired) electrons. The molecule has 0 saturated carbocycles. The molecule has 0 atom stereocenters. The lowest BCUT2D eigenvalue weighted by molar-refractivity contribution is 0.669. The summed E-state index contributed by atoms with van der Waals surface area (Å²) < 4.78 is 8.89. The van der Waals surface area contributed by atoms with Gasteiger partial charge in [-0.1, -0.05) is 170 Å². The largest absolute Gasteiger partial charge is 0.456 e. The van der Waals surface area contributed by atoms with Gasteiger partial charge in [-0.15, -0.1) is 0 Å². The van der Waals surface area contributed by atoms with E-state index in [1.165, 1.54) is 66.3 Å². The number of rotatable bonds is 7. The fourth-order valence-corrected chi connectivity index (χ4v) is 9.40. The third-order valence-electron chi connectivity index (χ3n) is 12.2. The van der Waals surface area contributed by atoms with Crippen LogP contribution in [0.3, 0.4) is 0 Å². The predicted octanol–water partition coefficient (Wildman–Crippen LogP) is 16.3. The molecule has 0 aliphatic rings. The van der Waals surface area contributed by atoms with Gasteiger partial charge in [0.2, 0.25) is 0 Å². The van der Waals surface area contributed by atoms with Crippen molar-refractivity contribution < 1.29 is 4.42 Å². The first-order valence-corrected chi connectivity index (χ1v) is 20.8. The number of benzene rings is 9. The molecule has 0 aliphatic heterocycles. The molecule has 0 N–H and O–H groups in total. The summed E-state index contributed by atoms with van der Waals surface area (Å²) in [6.45, 7) is 0. The maximum atomic E-state index is 6.43. The lowest BCUT2D eigenvalue weighted by Crippen LogP contribution is -2.09. The smallest absolute Gasteiger partial charge is 0.137 e. The van der Waals surface area contributed by atoms with E-state index in [0.29, 0.717) is 0 Å². The van der Waals surface area contributed by atoms with Gasteiger partial charge in [-0.05, 0) is 93.4 Å². The Labute approximate surface area is 353 Å². The fourth-order valence-electron chi connectivity index (χ4n) is 9.40. The number of anilines is 3. The summed E-state index contributed by atoms with van der Waals surface area (Å²) in [5.41, 5.74) is 18.1. The van der Waals surface area contributed by atoms with Gasteiger partial charge >= 0.3 is 0 Å². The molecule has 0 bridgehead atoms. The van der Waals surface area contributed by atoms with Crippen LogP contribution in [0.15, 0.2) is 235 Å². The average molecular weight is 779 g/mol. The molecule has 9 aromatic carbocycles. The Morgan fingerprint density at radius 2 is 0.869 bits per heavy atom. The van der Waals surface area contributed by atoms with Crippen LogP contribution in [-0.4, -0.2) is 4.40 Å².